The molecule has 0 fully saturated rings. The maximum atomic E-state index is 12.4. The van der Waals surface area contributed by atoms with Crippen LogP contribution in [0.3, 0.4) is 0 Å². The molecule has 0 aliphatic rings. The summed E-state index contributed by atoms with van der Waals surface area (Å²) in [5.41, 5.74) is 14.0. The second kappa shape index (κ2) is 11.0. The predicted octanol–water partition coefficient (Wildman–Crippen LogP) is 2.19. The van der Waals surface area contributed by atoms with Crippen molar-refractivity contribution in [2.45, 2.75) is 20.4 Å². The van der Waals surface area contributed by atoms with Gasteiger partial charge < -0.3 is 31.1 Å². The van der Waals surface area contributed by atoms with E-state index in [-0.39, 0.29) is 43.6 Å². The Hall–Kier alpha value is -3.34. The summed E-state index contributed by atoms with van der Waals surface area (Å²) in [5, 5.41) is 5.94. The molecule has 12 nitrogen and oxygen atoms in total. The van der Waals surface area contributed by atoms with E-state index < -0.39 is 7.60 Å². The van der Waals surface area contributed by atoms with Gasteiger partial charge in [0.2, 0.25) is 5.95 Å². The number of hydrogen-bond donors (Lipinski definition) is 4. The zero-order valence-corrected chi connectivity index (χ0v) is 19.3. The predicted molar refractivity (Wildman–Crippen MR) is 126 cm³/mol. The van der Waals surface area contributed by atoms with Crippen molar-refractivity contribution in [1.82, 2.24) is 25.3 Å². The Balaban J connectivity index is 1.54. The van der Waals surface area contributed by atoms with Crippen LogP contribution in [0.4, 0.5) is 17.5 Å². The summed E-state index contributed by atoms with van der Waals surface area (Å²) < 4.78 is 22.9. The molecule has 0 bridgehead atoms. The standard InChI is InChI=1S/C20H27N8O4P/c1-3-31-33(30,32-4-2)10-9-23-19(29)13-5-7-14(8-6-13)24-11-15-12-25-18-16(26-15)17(21)27-20(22)28-18/h5-8,12,24H,3-4,9-11H2,1-2H3,(H,23,29)(H4,21,22,25,27,28). The lowest BCUT2D eigenvalue weighted by atomic mass is 10.2. The maximum absolute atomic E-state index is 12.4. The van der Waals surface area contributed by atoms with Crippen LogP contribution >= 0.6 is 7.60 Å². The first kappa shape index (κ1) is 24.3. The molecule has 176 valence electrons. The van der Waals surface area contributed by atoms with Crippen molar-refractivity contribution in [2.75, 3.05) is 42.7 Å². The van der Waals surface area contributed by atoms with E-state index in [2.05, 4.69) is 30.6 Å². The Morgan fingerprint density at radius 2 is 1.76 bits per heavy atom. The fraction of sp³-hybridized carbons (Fsp3) is 0.350. The fourth-order valence-corrected chi connectivity index (χ4v) is 4.47. The summed E-state index contributed by atoms with van der Waals surface area (Å²) in [6, 6.07) is 6.91. The van der Waals surface area contributed by atoms with Gasteiger partial charge in [0, 0.05) is 17.8 Å². The van der Waals surface area contributed by atoms with Gasteiger partial charge in [-0.2, -0.15) is 9.97 Å². The first-order valence-corrected chi connectivity index (χ1v) is 12.1. The van der Waals surface area contributed by atoms with Crippen molar-refractivity contribution in [3.05, 3.63) is 41.7 Å². The van der Waals surface area contributed by atoms with E-state index in [1.165, 1.54) is 0 Å². The lowest BCUT2D eigenvalue weighted by Gasteiger charge is -2.17. The number of nitrogens with two attached hydrogens (primary N) is 2. The molecule has 0 unspecified atom stereocenters. The van der Waals surface area contributed by atoms with E-state index in [1.54, 1.807) is 44.3 Å². The molecule has 2 aromatic heterocycles. The Labute approximate surface area is 191 Å². The van der Waals surface area contributed by atoms with Crippen LogP contribution in [0.15, 0.2) is 30.5 Å². The number of nitrogens with zero attached hydrogens (tertiary/aromatic N) is 4. The zero-order chi connectivity index (χ0) is 23.8. The summed E-state index contributed by atoms with van der Waals surface area (Å²) in [5.74, 6) is -0.0702. The molecule has 2 heterocycles. The Kier molecular flexibility index (Phi) is 8.10. The van der Waals surface area contributed by atoms with Crippen LogP contribution in [-0.4, -0.2) is 51.8 Å². The zero-order valence-electron chi connectivity index (χ0n) is 18.4. The number of anilines is 3. The van der Waals surface area contributed by atoms with Crippen molar-refractivity contribution in [1.29, 1.82) is 0 Å². The van der Waals surface area contributed by atoms with Crippen molar-refractivity contribution in [3.8, 4) is 0 Å². The van der Waals surface area contributed by atoms with Gasteiger partial charge in [-0.3, -0.25) is 9.36 Å². The molecule has 0 aliphatic carbocycles. The second-order valence-corrected chi connectivity index (χ2v) is 9.04. The van der Waals surface area contributed by atoms with Crippen LogP contribution in [-0.2, 0) is 20.2 Å². The number of fused-ring (bicyclic) bond motifs is 1. The quantitative estimate of drug-likeness (QED) is 0.299. The average molecular weight is 474 g/mol. The maximum Gasteiger partial charge on any atom is 0.332 e. The topological polar surface area (TPSA) is 180 Å². The number of aromatic nitrogens is 4. The van der Waals surface area contributed by atoms with Gasteiger partial charge in [0.25, 0.3) is 5.91 Å². The molecule has 3 aromatic rings. The molecule has 3 rings (SSSR count). The number of benzene rings is 1. The van der Waals surface area contributed by atoms with Gasteiger partial charge in [-0.05, 0) is 38.1 Å². The van der Waals surface area contributed by atoms with Crippen LogP contribution in [0.2, 0.25) is 0 Å². The third-order valence-electron chi connectivity index (χ3n) is 4.44. The second-order valence-electron chi connectivity index (χ2n) is 6.86. The van der Waals surface area contributed by atoms with E-state index >= 15 is 0 Å². The number of amides is 1. The average Bonchev–Trinajstić information content (AvgIpc) is 2.78. The molecular formula is C20H27N8O4P. The molecule has 0 aliphatic heterocycles. The van der Waals surface area contributed by atoms with Crippen LogP contribution in [0.5, 0.6) is 0 Å². The van der Waals surface area contributed by atoms with Crippen LogP contribution in [0.25, 0.3) is 11.2 Å². The largest absolute Gasteiger partial charge is 0.382 e. The lowest BCUT2D eigenvalue weighted by molar-refractivity contribution is 0.0955. The first-order chi connectivity index (χ1) is 15.8. The van der Waals surface area contributed by atoms with Crippen molar-refractivity contribution in [3.63, 3.8) is 0 Å². The van der Waals surface area contributed by atoms with Crippen molar-refractivity contribution < 1.29 is 18.4 Å². The number of rotatable bonds is 11. The fourth-order valence-electron chi connectivity index (χ4n) is 2.97. The highest BCUT2D eigenvalue weighted by molar-refractivity contribution is 7.53. The van der Waals surface area contributed by atoms with E-state index in [0.29, 0.717) is 29.0 Å². The summed E-state index contributed by atoms with van der Waals surface area (Å²) >= 11 is 0. The highest BCUT2D eigenvalue weighted by Crippen LogP contribution is 2.47. The Bertz CT molecular complexity index is 1150. The Morgan fingerprint density at radius 1 is 1.06 bits per heavy atom. The third kappa shape index (κ3) is 6.58. The molecule has 13 heteroatoms. The molecule has 0 atom stereocenters. The number of carbonyl (C=O) groups is 1. The molecular weight excluding hydrogens is 447 g/mol. The summed E-state index contributed by atoms with van der Waals surface area (Å²) in [6.07, 6.45) is 1.68. The minimum Gasteiger partial charge on any atom is -0.382 e. The summed E-state index contributed by atoms with van der Waals surface area (Å²) in [4.78, 5) is 28.9. The SMILES string of the molecule is CCOP(=O)(CCNC(=O)c1ccc(NCc2cnc3nc(N)nc(N)c3n2)cc1)OCC. The van der Waals surface area contributed by atoms with Crippen molar-refractivity contribution in [2.24, 2.45) is 0 Å². The normalized spacial score (nSPS) is 11.5. The van der Waals surface area contributed by atoms with Crippen LogP contribution in [0, 0.1) is 0 Å². The van der Waals surface area contributed by atoms with Gasteiger partial charge in [-0.25, -0.2) is 9.97 Å². The molecule has 1 aromatic carbocycles. The van der Waals surface area contributed by atoms with Gasteiger partial charge in [0.15, 0.2) is 17.0 Å². The summed E-state index contributed by atoms with van der Waals surface area (Å²) in [6.45, 7) is 4.59. The highest BCUT2D eigenvalue weighted by atomic mass is 31.2. The number of hydrogen-bond acceptors (Lipinski definition) is 11. The number of nitrogens with one attached hydrogen (secondary N) is 2. The number of nitrogen functional groups attached to an aromatic ring is 2. The van der Waals surface area contributed by atoms with Crippen LogP contribution in [0.1, 0.15) is 29.9 Å². The molecule has 0 spiro atoms. The Morgan fingerprint density at radius 3 is 2.42 bits per heavy atom. The summed E-state index contributed by atoms with van der Waals surface area (Å²) in [7, 11) is -3.19. The lowest BCUT2D eigenvalue weighted by Crippen LogP contribution is -2.27. The van der Waals surface area contributed by atoms with Gasteiger partial charge >= 0.3 is 7.60 Å². The molecule has 0 saturated carbocycles. The van der Waals surface area contributed by atoms with E-state index in [0.717, 1.165) is 5.69 Å². The van der Waals surface area contributed by atoms with E-state index in [9.17, 15) is 9.36 Å². The number of carbonyl (C=O) groups excluding carboxylic acids is 1. The molecule has 0 saturated heterocycles. The monoisotopic (exact) mass is 474 g/mol. The minimum absolute atomic E-state index is 0.0434. The van der Waals surface area contributed by atoms with Crippen molar-refractivity contribution >= 4 is 42.1 Å². The van der Waals surface area contributed by atoms with Gasteiger partial charge in [0.1, 0.15) is 0 Å². The smallest absolute Gasteiger partial charge is 0.332 e. The molecule has 33 heavy (non-hydrogen) atoms. The molecule has 1 amide bonds. The first-order valence-electron chi connectivity index (χ1n) is 10.4. The van der Waals surface area contributed by atoms with Gasteiger partial charge in [-0.1, -0.05) is 0 Å². The highest BCUT2D eigenvalue weighted by Gasteiger charge is 2.23. The van der Waals surface area contributed by atoms with E-state index in [1.807, 2.05) is 0 Å². The van der Waals surface area contributed by atoms with Gasteiger partial charge in [-0.15, -0.1) is 0 Å². The van der Waals surface area contributed by atoms with E-state index in [4.69, 9.17) is 20.5 Å². The van der Waals surface area contributed by atoms with Crippen LogP contribution < -0.4 is 22.1 Å². The third-order valence-corrected chi connectivity index (χ3v) is 6.52. The molecule has 0 radical (unpaired) electrons. The molecule has 6 N–H and O–H groups in total. The van der Waals surface area contributed by atoms with Gasteiger partial charge in [0.05, 0.1) is 37.8 Å². The minimum atomic E-state index is -3.19.